The van der Waals surface area contributed by atoms with Crippen molar-refractivity contribution in [2.45, 2.75) is 58.1 Å². The van der Waals surface area contributed by atoms with Crippen LogP contribution in [-0.2, 0) is 0 Å². The predicted molar refractivity (Wildman–Crippen MR) is 64.3 cm³/mol. The van der Waals surface area contributed by atoms with Crippen LogP contribution in [0.3, 0.4) is 0 Å². The van der Waals surface area contributed by atoms with Gasteiger partial charge in [0.2, 0.25) is 0 Å². The van der Waals surface area contributed by atoms with Gasteiger partial charge in [0.1, 0.15) is 0 Å². The molecule has 0 aromatic heterocycles. The Morgan fingerprint density at radius 1 is 1.25 bits per heavy atom. The van der Waals surface area contributed by atoms with E-state index < -0.39 is 0 Å². The molecule has 0 aromatic rings. The van der Waals surface area contributed by atoms with E-state index in [2.05, 4.69) is 10.6 Å². The van der Waals surface area contributed by atoms with Crippen molar-refractivity contribution in [1.82, 2.24) is 10.6 Å². The fraction of sp³-hybridized carbons (Fsp3) is 0.917. The number of nitrogens with one attached hydrogen (secondary N) is 2. The van der Waals surface area contributed by atoms with Crippen molar-refractivity contribution in [3.05, 3.63) is 0 Å². The molecule has 4 heteroatoms. The van der Waals surface area contributed by atoms with Gasteiger partial charge in [0.15, 0.2) is 0 Å². The lowest BCUT2D eigenvalue weighted by atomic mass is 9.87. The highest BCUT2D eigenvalue weighted by Crippen LogP contribution is 2.23. The van der Waals surface area contributed by atoms with Crippen molar-refractivity contribution < 1.29 is 9.90 Å². The maximum absolute atomic E-state index is 11.5. The van der Waals surface area contributed by atoms with Gasteiger partial charge in [0, 0.05) is 12.1 Å². The molecule has 94 valence electrons. The molecule has 1 fully saturated rings. The lowest BCUT2D eigenvalue weighted by Gasteiger charge is -2.26. The molecule has 0 spiro atoms. The van der Waals surface area contributed by atoms with Gasteiger partial charge >= 0.3 is 6.03 Å². The molecule has 2 amide bonds. The average Bonchev–Trinajstić information content (AvgIpc) is 2.14. The van der Waals surface area contributed by atoms with Gasteiger partial charge in [0.05, 0.1) is 6.10 Å². The van der Waals surface area contributed by atoms with E-state index in [1.54, 1.807) is 0 Å². The predicted octanol–water partition coefficient (Wildman–Crippen LogP) is 1.64. The summed E-state index contributed by atoms with van der Waals surface area (Å²) in [5.74, 6) is 0.522. The van der Waals surface area contributed by atoms with Crippen molar-refractivity contribution in [1.29, 1.82) is 0 Å². The van der Waals surface area contributed by atoms with E-state index in [1.165, 1.54) is 0 Å². The zero-order chi connectivity index (χ0) is 12.2. The van der Waals surface area contributed by atoms with Crippen LogP contribution in [-0.4, -0.2) is 29.3 Å². The van der Waals surface area contributed by atoms with Crippen LogP contribution in [0.2, 0.25) is 0 Å². The molecule has 1 aliphatic carbocycles. The summed E-state index contributed by atoms with van der Waals surface area (Å²) in [5.41, 5.74) is -0.188. The van der Waals surface area contributed by atoms with E-state index >= 15 is 0 Å². The summed E-state index contributed by atoms with van der Waals surface area (Å²) >= 11 is 0. The Balaban J connectivity index is 2.17. The van der Waals surface area contributed by atoms with Gasteiger partial charge in [0.25, 0.3) is 0 Å². The molecule has 0 radical (unpaired) electrons. The lowest BCUT2D eigenvalue weighted by Crippen LogP contribution is -2.47. The number of aliphatic hydroxyl groups is 1. The third kappa shape index (κ3) is 5.35. The summed E-state index contributed by atoms with van der Waals surface area (Å²) in [6.45, 7) is 6.60. The minimum absolute atomic E-state index is 0.0985. The summed E-state index contributed by atoms with van der Waals surface area (Å²) < 4.78 is 0. The lowest BCUT2D eigenvalue weighted by molar-refractivity contribution is 0.109. The molecular weight excluding hydrogens is 204 g/mol. The monoisotopic (exact) mass is 228 g/mol. The van der Waals surface area contributed by atoms with Crippen molar-refractivity contribution in [2.75, 3.05) is 6.54 Å². The number of aliphatic hydroxyl groups excluding tert-OH is 1. The molecule has 0 bridgehead atoms. The maximum atomic E-state index is 11.5. The third-order valence-electron chi connectivity index (χ3n) is 2.86. The largest absolute Gasteiger partial charge is 0.393 e. The van der Waals surface area contributed by atoms with Crippen LogP contribution in [0.5, 0.6) is 0 Å². The Morgan fingerprint density at radius 3 is 2.31 bits per heavy atom. The minimum Gasteiger partial charge on any atom is -0.393 e. The quantitative estimate of drug-likeness (QED) is 0.673. The highest BCUT2D eigenvalue weighted by atomic mass is 16.3. The highest BCUT2D eigenvalue weighted by Gasteiger charge is 2.20. The molecule has 1 rings (SSSR count). The van der Waals surface area contributed by atoms with Crippen LogP contribution >= 0.6 is 0 Å². The Morgan fingerprint density at radius 2 is 1.81 bits per heavy atom. The average molecular weight is 228 g/mol. The normalized spacial score (nSPS) is 26.2. The SMILES string of the molecule is CC(C)(C)NC(=O)NCC1CCC(O)CC1. The second kappa shape index (κ2) is 5.53. The first-order valence-corrected chi connectivity index (χ1v) is 6.11. The van der Waals surface area contributed by atoms with Crippen molar-refractivity contribution in [3.63, 3.8) is 0 Å². The van der Waals surface area contributed by atoms with E-state index in [0.717, 1.165) is 25.7 Å². The van der Waals surface area contributed by atoms with Gasteiger partial charge in [-0.05, 0) is 52.4 Å². The second-order valence-electron chi connectivity index (χ2n) is 5.76. The molecule has 0 heterocycles. The molecule has 4 nitrogen and oxygen atoms in total. The molecule has 0 saturated heterocycles. The van der Waals surface area contributed by atoms with E-state index in [1.807, 2.05) is 20.8 Å². The number of carbonyl (C=O) groups is 1. The number of urea groups is 1. The molecule has 1 aliphatic rings. The van der Waals surface area contributed by atoms with Crippen molar-refractivity contribution in [3.8, 4) is 0 Å². The molecule has 3 N–H and O–H groups in total. The Bertz CT molecular complexity index is 228. The van der Waals surface area contributed by atoms with Crippen molar-refractivity contribution in [2.24, 2.45) is 5.92 Å². The van der Waals surface area contributed by atoms with Crippen LogP contribution in [0.4, 0.5) is 4.79 Å². The Hall–Kier alpha value is -0.770. The smallest absolute Gasteiger partial charge is 0.315 e. The van der Waals surface area contributed by atoms with Gasteiger partial charge in [-0.25, -0.2) is 4.79 Å². The van der Waals surface area contributed by atoms with Gasteiger partial charge in [-0.3, -0.25) is 0 Å². The fourth-order valence-corrected chi connectivity index (χ4v) is 1.97. The van der Waals surface area contributed by atoms with E-state index in [9.17, 15) is 9.90 Å². The molecule has 1 saturated carbocycles. The van der Waals surface area contributed by atoms with E-state index in [4.69, 9.17) is 0 Å². The topological polar surface area (TPSA) is 61.4 Å². The van der Waals surface area contributed by atoms with Crippen LogP contribution < -0.4 is 10.6 Å². The fourth-order valence-electron chi connectivity index (χ4n) is 1.97. The Kier molecular flexibility index (Phi) is 4.59. The summed E-state index contributed by atoms with van der Waals surface area (Å²) in [4.78, 5) is 11.5. The summed E-state index contributed by atoms with van der Waals surface area (Å²) in [6.07, 6.45) is 3.63. The molecule has 0 aliphatic heterocycles. The summed E-state index contributed by atoms with van der Waals surface area (Å²) in [7, 11) is 0. The number of hydrogen-bond acceptors (Lipinski definition) is 2. The first-order valence-electron chi connectivity index (χ1n) is 6.11. The first-order chi connectivity index (χ1) is 7.37. The van der Waals surface area contributed by atoms with Gasteiger partial charge < -0.3 is 15.7 Å². The van der Waals surface area contributed by atoms with Crippen LogP contribution in [0, 0.1) is 5.92 Å². The van der Waals surface area contributed by atoms with Crippen LogP contribution in [0.15, 0.2) is 0 Å². The minimum atomic E-state index is -0.188. The van der Waals surface area contributed by atoms with Crippen LogP contribution in [0.25, 0.3) is 0 Å². The summed E-state index contributed by atoms with van der Waals surface area (Å²) in [5, 5.41) is 15.1. The molecule has 0 aromatic carbocycles. The first kappa shape index (κ1) is 13.3. The maximum Gasteiger partial charge on any atom is 0.315 e. The second-order valence-corrected chi connectivity index (χ2v) is 5.76. The zero-order valence-electron chi connectivity index (χ0n) is 10.5. The zero-order valence-corrected chi connectivity index (χ0v) is 10.5. The number of carbonyl (C=O) groups excluding carboxylic acids is 1. The van der Waals surface area contributed by atoms with Crippen molar-refractivity contribution >= 4 is 6.03 Å². The molecule has 0 unspecified atom stereocenters. The third-order valence-corrected chi connectivity index (χ3v) is 2.86. The van der Waals surface area contributed by atoms with Gasteiger partial charge in [-0.1, -0.05) is 0 Å². The number of rotatable bonds is 2. The highest BCUT2D eigenvalue weighted by molar-refractivity contribution is 5.74. The number of hydrogen-bond donors (Lipinski definition) is 3. The number of amides is 2. The van der Waals surface area contributed by atoms with E-state index in [-0.39, 0.29) is 17.7 Å². The van der Waals surface area contributed by atoms with E-state index in [0.29, 0.717) is 12.5 Å². The molecular formula is C12H24N2O2. The molecule has 16 heavy (non-hydrogen) atoms. The van der Waals surface area contributed by atoms with Crippen LogP contribution in [0.1, 0.15) is 46.5 Å². The summed E-state index contributed by atoms with van der Waals surface area (Å²) in [6, 6.07) is -0.0985. The Labute approximate surface area is 97.8 Å². The molecule has 0 atom stereocenters. The standard InChI is InChI=1S/C12H24N2O2/c1-12(2,3)14-11(16)13-8-9-4-6-10(15)7-5-9/h9-10,15H,4-8H2,1-3H3,(H2,13,14,16). The van der Waals surface area contributed by atoms with Gasteiger partial charge in [-0.15, -0.1) is 0 Å². The van der Waals surface area contributed by atoms with Gasteiger partial charge in [-0.2, -0.15) is 0 Å².